The number of hydrogen-bond donors (Lipinski definition) is 1. The van der Waals surface area contributed by atoms with Crippen molar-refractivity contribution < 1.29 is 14.3 Å². The van der Waals surface area contributed by atoms with E-state index in [-0.39, 0.29) is 18.4 Å². The lowest BCUT2D eigenvalue weighted by atomic mass is 9.85. The molecule has 2 fully saturated rings. The van der Waals surface area contributed by atoms with Gasteiger partial charge in [-0.15, -0.1) is 0 Å². The van der Waals surface area contributed by atoms with Crippen LogP contribution >= 0.6 is 0 Å². The minimum Gasteiger partial charge on any atom is -0.375 e. The Labute approximate surface area is 211 Å². The fraction of sp³-hybridized carbons (Fsp3) is 0.481. The molecule has 0 atom stereocenters. The van der Waals surface area contributed by atoms with Crippen molar-refractivity contribution in [1.29, 1.82) is 0 Å². The van der Waals surface area contributed by atoms with Gasteiger partial charge in [-0.1, -0.05) is 12.5 Å². The quantitative estimate of drug-likeness (QED) is 0.547. The van der Waals surface area contributed by atoms with Gasteiger partial charge in [0.1, 0.15) is 12.4 Å². The van der Waals surface area contributed by atoms with Gasteiger partial charge in [0.15, 0.2) is 0 Å². The Hall–Kier alpha value is -3.30. The van der Waals surface area contributed by atoms with Gasteiger partial charge in [0, 0.05) is 64.7 Å². The topological polar surface area (TPSA) is 92.6 Å². The number of ether oxygens (including phenoxy) is 1. The summed E-state index contributed by atoms with van der Waals surface area (Å²) in [5, 5.41) is 2.86. The number of rotatable bonds is 7. The molecular formula is C27H34N6O3. The summed E-state index contributed by atoms with van der Waals surface area (Å²) in [6, 6.07) is 7.68. The number of aromatic nitrogens is 3. The standard InChI is InChI=1S/C27H34N6O3/c1-18-6-5-9-28-23(18)16-32-10-12-33(13-11-32)27(35)21-14-20(29-24(34)17-36-3)15-22-25(21)31(2)26(30-22)19-7-4-8-19/h5-6,9,14-15,19H,4,7-8,10-13,16-17H2,1-3H3,(H,29,34). The second-order valence-corrected chi connectivity index (χ2v) is 9.86. The van der Waals surface area contributed by atoms with Crippen LogP contribution in [0.3, 0.4) is 0 Å². The number of carbonyl (C=O) groups is 2. The van der Waals surface area contributed by atoms with Crippen LogP contribution in [-0.2, 0) is 23.1 Å². The van der Waals surface area contributed by atoms with Crippen LogP contribution in [0.1, 0.15) is 52.6 Å². The Morgan fingerprint density at radius 2 is 1.94 bits per heavy atom. The first-order valence-electron chi connectivity index (χ1n) is 12.7. The molecule has 2 aromatic heterocycles. The smallest absolute Gasteiger partial charge is 0.256 e. The molecule has 1 N–H and O–H groups in total. The number of hydrogen-bond acceptors (Lipinski definition) is 6. The average Bonchev–Trinajstić information content (AvgIpc) is 3.15. The summed E-state index contributed by atoms with van der Waals surface area (Å²) in [5.74, 6) is 1.15. The highest BCUT2D eigenvalue weighted by molar-refractivity contribution is 6.07. The van der Waals surface area contributed by atoms with E-state index < -0.39 is 0 Å². The predicted octanol–water partition coefficient (Wildman–Crippen LogP) is 3.09. The van der Waals surface area contributed by atoms with Crippen LogP contribution in [0.5, 0.6) is 0 Å². The number of anilines is 1. The number of methoxy groups -OCH3 is 1. The zero-order valence-electron chi connectivity index (χ0n) is 21.3. The number of carbonyl (C=O) groups excluding carboxylic acids is 2. The van der Waals surface area contributed by atoms with E-state index in [4.69, 9.17) is 9.72 Å². The third-order valence-corrected chi connectivity index (χ3v) is 7.41. The normalized spacial score (nSPS) is 16.8. The van der Waals surface area contributed by atoms with Crippen molar-refractivity contribution in [2.24, 2.45) is 7.05 Å². The van der Waals surface area contributed by atoms with Crippen LogP contribution in [0.15, 0.2) is 30.5 Å². The Bertz CT molecular complexity index is 1270. The summed E-state index contributed by atoms with van der Waals surface area (Å²) in [5.41, 5.74) is 4.98. The minimum absolute atomic E-state index is 0.0281. The van der Waals surface area contributed by atoms with Crippen molar-refractivity contribution in [3.05, 3.63) is 53.1 Å². The van der Waals surface area contributed by atoms with Gasteiger partial charge in [0.05, 0.1) is 22.3 Å². The molecule has 0 bridgehead atoms. The molecule has 5 rings (SSSR count). The third kappa shape index (κ3) is 4.85. The Balaban J connectivity index is 1.39. The van der Waals surface area contributed by atoms with Crippen molar-refractivity contribution in [2.75, 3.05) is 45.2 Å². The third-order valence-electron chi connectivity index (χ3n) is 7.41. The van der Waals surface area contributed by atoms with E-state index in [2.05, 4.69) is 32.8 Å². The molecule has 9 nitrogen and oxygen atoms in total. The maximum Gasteiger partial charge on any atom is 0.256 e. The number of pyridine rings is 1. The molecule has 1 saturated heterocycles. The van der Waals surface area contributed by atoms with Crippen LogP contribution in [0.25, 0.3) is 11.0 Å². The summed E-state index contributed by atoms with van der Waals surface area (Å²) in [7, 11) is 3.48. The van der Waals surface area contributed by atoms with E-state index >= 15 is 0 Å². The van der Waals surface area contributed by atoms with Gasteiger partial charge >= 0.3 is 0 Å². The SMILES string of the molecule is COCC(=O)Nc1cc(C(=O)N2CCN(Cc3ncccc3C)CC2)c2c(c1)nc(C1CCC1)n2C. The first kappa shape index (κ1) is 24.4. The van der Waals surface area contributed by atoms with Gasteiger partial charge in [-0.25, -0.2) is 4.98 Å². The number of benzene rings is 1. The van der Waals surface area contributed by atoms with Crippen LogP contribution in [0.2, 0.25) is 0 Å². The first-order chi connectivity index (χ1) is 17.4. The zero-order chi connectivity index (χ0) is 25.2. The van der Waals surface area contributed by atoms with E-state index in [0.29, 0.717) is 30.3 Å². The molecule has 190 valence electrons. The monoisotopic (exact) mass is 490 g/mol. The van der Waals surface area contributed by atoms with Crippen LogP contribution < -0.4 is 5.32 Å². The Kier molecular flexibility index (Phi) is 7.02. The molecule has 3 aromatic rings. The van der Waals surface area contributed by atoms with Crippen LogP contribution in [-0.4, -0.2) is 76.0 Å². The van der Waals surface area contributed by atoms with Crippen molar-refractivity contribution in [1.82, 2.24) is 24.3 Å². The fourth-order valence-corrected chi connectivity index (χ4v) is 5.14. The van der Waals surface area contributed by atoms with Crippen molar-refractivity contribution >= 4 is 28.5 Å². The minimum atomic E-state index is -0.260. The molecule has 0 spiro atoms. The van der Waals surface area contributed by atoms with Gasteiger partial charge in [-0.3, -0.25) is 19.5 Å². The largest absolute Gasteiger partial charge is 0.375 e. The van der Waals surface area contributed by atoms with E-state index in [1.54, 1.807) is 6.07 Å². The second kappa shape index (κ2) is 10.4. The molecule has 1 aromatic carbocycles. The molecule has 3 heterocycles. The predicted molar refractivity (Wildman–Crippen MR) is 138 cm³/mol. The van der Waals surface area contributed by atoms with E-state index in [1.807, 2.05) is 30.3 Å². The molecule has 1 aliphatic heterocycles. The lowest BCUT2D eigenvalue weighted by molar-refractivity contribution is -0.119. The van der Waals surface area contributed by atoms with Crippen molar-refractivity contribution in [2.45, 2.75) is 38.6 Å². The van der Waals surface area contributed by atoms with Gasteiger partial charge in [0.2, 0.25) is 5.91 Å². The summed E-state index contributed by atoms with van der Waals surface area (Å²) in [6.45, 7) is 5.67. The van der Waals surface area contributed by atoms with Crippen LogP contribution in [0.4, 0.5) is 5.69 Å². The first-order valence-corrected chi connectivity index (χ1v) is 12.7. The van der Waals surface area contributed by atoms with Crippen molar-refractivity contribution in [3.8, 4) is 0 Å². The average molecular weight is 491 g/mol. The number of aryl methyl sites for hydroxylation is 2. The maximum absolute atomic E-state index is 13.8. The van der Waals surface area contributed by atoms with Gasteiger partial charge < -0.3 is 19.5 Å². The number of nitrogens with one attached hydrogen (secondary N) is 1. The van der Waals surface area contributed by atoms with Crippen LogP contribution in [0, 0.1) is 6.92 Å². The van der Waals surface area contributed by atoms with Crippen molar-refractivity contribution in [3.63, 3.8) is 0 Å². The number of fused-ring (bicyclic) bond motifs is 1. The molecule has 2 amide bonds. The van der Waals surface area contributed by atoms with E-state index in [1.165, 1.54) is 19.1 Å². The number of imidazole rings is 1. The van der Waals surface area contributed by atoms with Gasteiger partial charge in [0.25, 0.3) is 5.91 Å². The van der Waals surface area contributed by atoms with Gasteiger partial charge in [-0.05, 0) is 43.5 Å². The molecule has 1 saturated carbocycles. The molecule has 0 radical (unpaired) electrons. The number of piperazine rings is 1. The fourth-order valence-electron chi connectivity index (χ4n) is 5.14. The van der Waals surface area contributed by atoms with Gasteiger partial charge in [-0.2, -0.15) is 0 Å². The Morgan fingerprint density at radius 1 is 1.17 bits per heavy atom. The second-order valence-electron chi connectivity index (χ2n) is 9.86. The highest BCUT2D eigenvalue weighted by atomic mass is 16.5. The van der Waals surface area contributed by atoms with E-state index in [0.717, 1.165) is 55.0 Å². The molecule has 36 heavy (non-hydrogen) atoms. The summed E-state index contributed by atoms with van der Waals surface area (Å²) in [6.07, 6.45) is 5.28. The molecular weight excluding hydrogens is 456 g/mol. The molecule has 2 aliphatic rings. The summed E-state index contributed by atoms with van der Waals surface area (Å²) >= 11 is 0. The summed E-state index contributed by atoms with van der Waals surface area (Å²) in [4.78, 5) is 39.7. The Morgan fingerprint density at radius 3 is 2.61 bits per heavy atom. The lowest BCUT2D eigenvalue weighted by Gasteiger charge is -2.35. The maximum atomic E-state index is 13.8. The summed E-state index contributed by atoms with van der Waals surface area (Å²) < 4.78 is 7.03. The zero-order valence-corrected chi connectivity index (χ0v) is 21.3. The number of amides is 2. The lowest BCUT2D eigenvalue weighted by Crippen LogP contribution is -2.48. The molecule has 9 heteroatoms. The molecule has 1 aliphatic carbocycles. The highest BCUT2D eigenvalue weighted by Gasteiger charge is 2.29. The highest BCUT2D eigenvalue weighted by Crippen LogP contribution is 2.38. The van der Waals surface area contributed by atoms with E-state index in [9.17, 15) is 9.59 Å². The molecule has 0 unspecified atom stereocenters. The number of nitrogens with zero attached hydrogens (tertiary/aromatic N) is 5.